The van der Waals surface area contributed by atoms with E-state index in [1.807, 2.05) is 24.3 Å². The predicted molar refractivity (Wildman–Crippen MR) is 95.2 cm³/mol. The highest BCUT2D eigenvalue weighted by atomic mass is 19.1. The first-order valence-corrected chi connectivity index (χ1v) is 8.03. The van der Waals surface area contributed by atoms with E-state index in [-0.39, 0.29) is 5.82 Å². The summed E-state index contributed by atoms with van der Waals surface area (Å²) >= 11 is 0. The Kier molecular flexibility index (Phi) is 4.57. The van der Waals surface area contributed by atoms with Crippen molar-refractivity contribution in [1.82, 2.24) is 0 Å². The summed E-state index contributed by atoms with van der Waals surface area (Å²) in [6.45, 7) is 4.13. The van der Waals surface area contributed by atoms with Crippen molar-refractivity contribution in [1.29, 1.82) is 0 Å². The van der Waals surface area contributed by atoms with Gasteiger partial charge in [0.15, 0.2) is 0 Å². The van der Waals surface area contributed by atoms with Crippen LogP contribution < -0.4 is 0 Å². The Hall–Kier alpha value is -2.41. The molecule has 0 aliphatic heterocycles. The molecule has 116 valence electrons. The van der Waals surface area contributed by atoms with E-state index >= 15 is 0 Å². The minimum atomic E-state index is -0.116. The smallest absolute Gasteiger partial charge is 0.127 e. The van der Waals surface area contributed by atoms with Gasteiger partial charge < -0.3 is 0 Å². The third-order valence-corrected chi connectivity index (χ3v) is 4.24. The lowest BCUT2D eigenvalue weighted by atomic mass is 9.99. The summed E-state index contributed by atoms with van der Waals surface area (Å²) in [4.78, 5) is 0. The number of hydrogen-bond donors (Lipinski definition) is 0. The highest BCUT2D eigenvalue weighted by Gasteiger charge is 2.06. The van der Waals surface area contributed by atoms with Gasteiger partial charge in [0.2, 0.25) is 0 Å². The zero-order chi connectivity index (χ0) is 16.2. The molecule has 3 rings (SSSR count). The van der Waals surface area contributed by atoms with Gasteiger partial charge in [-0.1, -0.05) is 71.8 Å². The summed E-state index contributed by atoms with van der Waals surface area (Å²) in [6, 6.07) is 22.2. The zero-order valence-corrected chi connectivity index (χ0v) is 13.6. The fourth-order valence-corrected chi connectivity index (χ4v) is 2.71. The molecule has 0 fully saturated rings. The fourth-order valence-electron chi connectivity index (χ4n) is 2.71. The third-order valence-electron chi connectivity index (χ3n) is 4.24. The highest BCUT2D eigenvalue weighted by Crippen LogP contribution is 2.23. The van der Waals surface area contributed by atoms with Crippen LogP contribution in [0.4, 0.5) is 4.39 Å². The SMILES string of the molecule is Cc1ccc(CCc2ccc(-c3ccc(C)cc3)cc2F)cc1. The molecule has 0 aliphatic rings. The van der Waals surface area contributed by atoms with Crippen molar-refractivity contribution in [2.45, 2.75) is 26.7 Å². The van der Waals surface area contributed by atoms with Crippen LogP contribution in [0.1, 0.15) is 22.3 Å². The molecular formula is C22H21F. The lowest BCUT2D eigenvalue weighted by molar-refractivity contribution is 0.609. The first kappa shape index (κ1) is 15.5. The van der Waals surface area contributed by atoms with Crippen molar-refractivity contribution < 1.29 is 4.39 Å². The quantitative estimate of drug-likeness (QED) is 0.563. The molecule has 0 unspecified atom stereocenters. The van der Waals surface area contributed by atoms with Crippen LogP contribution in [0, 0.1) is 19.7 Å². The molecular weight excluding hydrogens is 283 g/mol. The van der Waals surface area contributed by atoms with Gasteiger partial charge in [-0.25, -0.2) is 4.39 Å². The van der Waals surface area contributed by atoms with E-state index in [9.17, 15) is 4.39 Å². The second-order valence-electron chi connectivity index (χ2n) is 6.16. The number of halogens is 1. The molecule has 0 atom stereocenters. The molecule has 23 heavy (non-hydrogen) atoms. The van der Waals surface area contributed by atoms with Crippen LogP contribution in [0.3, 0.4) is 0 Å². The van der Waals surface area contributed by atoms with Crippen LogP contribution in [0.15, 0.2) is 66.7 Å². The monoisotopic (exact) mass is 304 g/mol. The summed E-state index contributed by atoms with van der Waals surface area (Å²) in [7, 11) is 0. The molecule has 3 aromatic carbocycles. The van der Waals surface area contributed by atoms with E-state index in [1.54, 1.807) is 6.07 Å². The molecule has 0 aromatic heterocycles. The Bertz CT molecular complexity index is 783. The van der Waals surface area contributed by atoms with Crippen molar-refractivity contribution in [3.05, 3.63) is 94.8 Å². The van der Waals surface area contributed by atoms with Gasteiger partial charge in [-0.3, -0.25) is 0 Å². The van der Waals surface area contributed by atoms with Crippen LogP contribution in [0.5, 0.6) is 0 Å². The lowest BCUT2D eigenvalue weighted by Crippen LogP contribution is -1.95. The van der Waals surface area contributed by atoms with E-state index in [0.717, 1.165) is 29.5 Å². The number of hydrogen-bond acceptors (Lipinski definition) is 0. The highest BCUT2D eigenvalue weighted by molar-refractivity contribution is 5.64. The molecule has 0 aliphatic carbocycles. The summed E-state index contributed by atoms with van der Waals surface area (Å²) in [5.74, 6) is -0.116. The minimum Gasteiger partial charge on any atom is -0.207 e. The van der Waals surface area contributed by atoms with Crippen LogP contribution in [-0.2, 0) is 12.8 Å². The van der Waals surface area contributed by atoms with E-state index in [1.165, 1.54) is 16.7 Å². The molecule has 0 spiro atoms. The largest absolute Gasteiger partial charge is 0.207 e. The summed E-state index contributed by atoms with van der Waals surface area (Å²) in [5.41, 5.74) is 6.48. The summed E-state index contributed by atoms with van der Waals surface area (Å²) < 4.78 is 14.4. The molecule has 0 nitrogen and oxygen atoms in total. The van der Waals surface area contributed by atoms with Crippen LogP contribution in [-0.4, -0.2) is 0 Å². The van der Waals surface area contributed by atoms with Crippen LogP contribution >= 0.6 is 0 Å². The molecule has 3 aromatic rings. The van der Waals surface area contributed by atoms with E-state index < -0.39 is 0 Å². The Labute approximate surface area is 137 Å². The van der Waals surface area contributed by atoms with Crippen LogP contribution in [0.2, 0.25) is 0 Å². The maximum absolute atomic E-state index is 14.4. The van der Waals surface area contributed by atoms with Gasteiger partial charge in [-0.2, -0.15) is 0 Å². The fraction of sp³-hybridized carbons (Fsp3) is 0.182. The van der Waals surface area contributed by atoms with E-state index in [2.05, 4.69) is 50.2 Å². The molecule has 0 saturated heterocycles. The van der Waals surface area contributed by atoms with Crippen molar-refractivity contribution in [2.24, 2.45) is 0 Å². The molecule has 0 radical (unpaired) electrons. The molecule has 0 heterocycles. The number of aryl methyl sites for hydroxylation is 4. The zero-order valence-electron chi connectivity index (χ0n) is 13.6. The van der Waals surface area contributed by atoms with Crippen molar-refractivity contribution >= 4 is 0 Å². The normalized spacial score (nSPS) is 10.7. The van der Waals surface area contributed by atoms with Gasteiger partial charge in [0.05, 0.1) is 0 Å². The number of rotatable bonds is 4. The maximum Gasteiger partial charge on any atom is 0.127 e. The second kappa shape index (κ2) is 6.78. The Morgan fingerprint density at radius 3 is 1.83 bits per heavy atom. The average molecular weight is 304 g/mol. The lowest BCUT2D eigenvalue weighted by Gasteiger charge is -2.08. The molecule has 0 saturated carbocycles. The first-order chi connectivity index (χ1) is 11.1. The van der Waals surface area contributed by atoms with Gasteiger partial charge >= 0.3 is 0 Å². The second-order valence-corrected chi connectivity index (χ2v) is 6.16. The molecule has 0 N–H and O–H groups in total. The summed E-state index contributed by atoms with van der Waals surface area (Å²) in [5, 5.41) is 0. The Morgan fingerprint density at radius 1 is 0.652 bits per heavy atom. The van der Waals surface area contributed by atoms with Crippen molar-refractivity contribution in [3.63, 3.8) is 0 Å². The molecule has 0 amide bonds. The van der Waals surface area contributed by atoms with Gasteiger partial charge in [0.25, 0.3) is 0 Å². The first-order valence-electron chi connectivity index (χ1n) is 8.03. The maximum atomic E-state index is 14.4. The average Bonchev–Trinajstić information content (AvgIpc) is 2.56. The van der Waals surface area contributed by atoms with Crippen molar-refractivity contribution in [3.8, 4) is 11.1 Å². The standard InChI is InChI=1S/C22H21F/c1-16-3-7-18(8-4-16)9-12-20-13-14-21(15-22(20)23)19-10-5-17(2)6-11-19/h3-8,10-11,13-15H,9,12H2,1-2H3. The predicted octanol–water partition coefficient (Wildman–Crippen LogP) is 5.89. The van der Waals surface area contributed by atoms with E-state index in [4.69, 9.17) is 0 Å². The Morgan fingerprint density at radius 2 is 1.22 bits per heavy atom. The minimum absolute atomic E-state index is 0.116. The van der Waals surface area contributed by atoms with Crippen LogP contribution in [0.25, 0.3) is 11.1 Å². The summed E-state index contributed by atoms with van der Waals surface area (Å²) in [6.07, 6.45) is 1.59. The molecule has 1 heteroatoms. The van der Waals surface area contributed by atoms with Crippen molar-refractivity contribution in [2.75, 3.05) is 0 Å². The number of benzene rings is 3. The topological polar surface area (TPSA) is 0 Å². The Balaban J connectivity index is 1.74. The van der Waals surface area contributed by atoms with Gasteiger partial charge in [-0.05, 0) is 55.0 Å². The van der Waals surface area contributed by atoms with Gasteiger partial charge in [0.1, 0.15) is 5.82 Å². The van der Waals surface area contributed by atoms with E-state index in [0.29, 0.717) is 0 Å². The van der Waals surface area contributed by atoms with Gasteiger partial charge in [0, 0.05) is 0 Å². The molecule has 0 bridgehead atoms. The third kappa shape index (κ3) is 3.87. The van der Waals surface area contributed by atoms with Gasteiger partial charge in [-0.15, -0.1) is 0 Å².